The van der Waals surface area contributed by atoms with Gasteiger partial charge in [-0.1, -0.05) is 5.11 Å². The summed E-state index contributed by atoms with van der Waals surface area (Å²) in [6, 6.07) is 0. The molecule has 7 nitrogen and oxygen atoms in total. The summed E-state index contributed by atoms with van der Waals surface area (Å²) < 4.78 is 4.40. The summed E-state index contributed by atoms with van der Waals surface area (Å²) in [5.74, 6) is -1.32. The monoisotopic (exact) mass is 189 g/mol. The third kappa shape index (κ3) is 25.3. The number of nitrogens with zero attached hydrogens (tertiary/aromatic N) is 3. The molecule has 0 saturated carbocycles. The second-order valence-electron chi connectivity index (χ2n) is 1.71. The van der Waals surface area contributed by atoms with Gasteiger partial charge in [0.15, 0.2) is 0 Å². The molecule has 0 spiro atoms. The van der Waals surface area contributed by atoms with Gasteiger partial charge in [-0.3, -0.25) is 9.59 Å². The Labute approximate surface area is 74.9 Å². The van der Waals surface area contributed by atoms with Gasteiger partial charge in [0.05, 0.1) is 6.61 Å². The summed E-state index contributed by atoms with van der Waals surface area (Å²) in [5.41, 5.74) is 7.51. The van der Waals surface area contributed by atoms with Crippen LogP contribution in [0.3, 0.4) is 0 Å². The highest BCUT2D eigenvalue weighted by Gasteiger charge is 1.86. The molecule has 0 aliphatic rings. The third-order valence-electron chi connectivity index (χ3n) is 0.617. The molecule has 0 aliphatic carbocycles. The lowest BCUT2D eigenvalue weighted by molar-refractivity contribution is -0.140. The zero-order valence-corrected chi connectivity index (χ0v) is 7.43. The summed E-state index contributed by atoms with van der Waals surface area (Å²) in [6.45, 7) is 3.18. The Hall–Kier alpha value is -1.75. The van der Waals surface area contributed by atoms with Gasteiger partial charge in [-0.2, -0.15) is 0 Å². The predicted octanol–water partition coefficient (Wildman–Crippen LogP) is 0.951. The Kier molecular flexibility index (Phi) is 10.9. The van der Waals surface area contributed by atoms with E-state index in [4.69, 9.17) is 10.6 Å². The molecule has 1 N–H and O–H groups in total. The number of carboxylic acids is 1. The van der Waals surface area contributed by atoms with E-state index in [9.17, 15) is 9.59 Å². The SMILES string of the molecule is CCOC(C)=O.[N-]=[N+]=NCC(=O)O. The first-order chi connectivity index (χ1) is 6.04. The molecule has 0 bridgehead atoms. The lowest BCUT2D eigenvalue weighted by Gasteiger charge is -1.89. The van der Waals surface area contributed by atoms with Crippen LogP contribution in [-0.4, -0.2) is 30.2 Å². The molecule has 0 amide bonds. The maximum Gasteiger partial charge on any atom is 0.309 e. The fraction of sp³-hybridized carbons (Fsp3) is 0.667. The van der Waals surface area contributed by atoms with E-state index < -0.39 is 12.5 Å². The molecule has 0 unspecified atom stereocenters. The standard InChI is InChI=1S/C4H8O2.C2H3N3O2/c1-3-6-4(2)5;3-5-4-1-2(6)7/h3H2,1-2H3;1H2,(H,6,7). The van der Waals surface area contributed by atoms with Crippen molar-refractivity contribution >= 4 is 11.9 Å². The van der Waals surface area contributed by atoms with E-state index in [2.05, 4.69) is 14.8 Å². The van der Waals surface area contributed by atoms with Crippen LogP contribution in [0.15, 0.2) is 5.11 Å². The first-order valence-corrected chi connectivity index (χ1v) is 3.40. The number of aliphatic carboxylic acids is 1. The van der Waals surface area contributed by atoms with Crippen molar-refractivity contribution in [1.29, 1.82) is 0 Å². The quantitative estimate of drug-likeness (QED) is 0.308. The average molecular weight is 189 g/mol. The van der Waals surface area contributed by atoms with Crippen LogP contribution in [0.1, 0.15) is 13.8 Å². The minimum Gasteiger partial charge on any atom is -0.481 e. The largest absolute Gasteiger partial charge is 0.481 e. The Balaban J connectivity index is 0. The number of rotatable bonds is 3. The zero-order chi connectivity index (χ0) is 10.7. The Bertz CT molecular complexity index is 210. The van der Waals surface area contributed by atoms with E-state index in [0.29, 0.717) is 6.61 Å². The molecule has 7 heteroatoms. The van der Waals surface area contributed by atoms with E-state index in [0.717, 1.165) is 0 Å². The van der Waals surface area contributed by atoms with E-state index in [1.165, 1.54) is 6.92 Å². The van der Waals surface area contributed by atoms with Gasteiger partial charge >= 0.3 is 11.9 Å². The van der Waals surface area contributed by atoms with E-state index >= 15 is 0 Å². The van der Waals surface area contributed by atoms with Crippen LogP contribution < -0.4 is 0 Å². The number of esters is 1. The highest BCUT2D eigenvalue weighted by atomic mass is 16.5. The number of hydrogen-bond donors (Lipinski definition) is 1. The Morgan fingerprint density at radius 1 is 1.62 bits per heavy atom. The van der Waals surface area contributed by atoms with Crippen molar-refractivity contribution in [2.45, 2.75) is 13.8 Å². The summed E-state index contributed by atoms with van der Waals surface area (Å²) in [7, 11) is 0. The van der Waals surface area contributed by atoms with E-state index in [-0.39, 0.29) is 5.97 Å². The first kappa shape index (κ1) is 13.8. The fourth-order valence-corrected chi connectivity index (χ4v) is 0.295. The number of ether oxygens (including phenoxy) is 1. The maximum absolute atomic E-state index is 9.82. The Morgan fingerprint density at radius 3 is 2.23 bits per heavy atom. The van der Waals surface area contributed by atoms with E-state index in [1.54, 1.807) is 6.92 Å². The van der Waals surface area contributed by atoms with Crippen LogP contribution in [-0.2, 0) is 14.3 Å². The molecule has 0 aromatic rings. The van der Waals surface area contributed by atoms with Crippen LogP contribution in [0.5, 0.6) is 0 Å². The van der Waals surface area contributed by atoms with Gasteiger partial charge in [0, 0.05) is 11.8 Å². The number of hydrogen-bond acceptors (Lipinski definition) is 4. The smallest absolute Gasteiger partial charge is 0.309 e. The van der Waals surface area contributed by atoms with Gasteiger partial charge in [0.25, 0.3) is 0 Å². The molecule has 74 valence electrons. The maximum atomic E-state index is 9.82. The van der Waals surface area contributed by atoms with E-state index in [1.807, 2.05) is 0 Å². The third-order valence-corrected chi connectivity index (χ3v) is 0.617. The highest BCUT2D eigenvalue weighted by molar-refractivity contribution is 5.69. The Morgan fingerprint density at radius 2 is 2.15 bits per heavy atom. The second kappa shape index (κ2) is 10.2. The molecular formula is C6H11N3O4. The van der Waals surface area contributed by atoms with Crippen LogP contribution in [0.25, 0.3) is 10.4 Å². The van der Waals surface area contributed by atoms with Crippen molar-refractivity contribution in [3.63, 3.8) is 0 Å². The predicted molar refractivity (Wildman–Crippen MR) is 44.0 cm³/mol. The van der Waals surface area contributed by atoms with Crippen LogP contribution in [0.4, 0.5) is 0 Å². The second-order valence-corrected chi connectivity index (χ2v) is 1.71. The summed E-state index contributed by atoms with van der Waals surface area (Å²) in [5, 5.41) is 10.5. The lowest BCUT2D eigenvalue weighted by atomic mass is 10.7. The molecular weight excluding hydrogens is 178 g/mol. The highest BCUT2D eigenvalue weighted by Crippen LogP contribution is 1.69. The fourth-order valence-electron chi connectivity index (χ4n) is 0.295. The van der Waals surface area contributed by atoms with Crippen LogP contribution in [0, 0.1) is 0 Å². The van der Waals surface area contributed by atoms with Crippen molar-refractivity contribution in [2.24, 2.45) is 5.11 Å². The molecule has 0 radical (unpaired) electrons. The minimum absolute atomic E-state index is 0.211. The van der Waals surface area contributed by atoms with Crippen LogP contribution in [0.2, 0.25) is 0 Å². The molecule has 0 fully saturated rings. The molecule has 0 rings (SSSR count). The number of azide groups is 1. The van der Waals surface area contributed by atoms with Gasteiger partial charge in [-0.05, 0) is 12.5 Å². The lowest BCUT2D eigenvalue weighted by Crippen LogP contribution is -1.96. The molecule has 0 atom stereocenters. The van der Waals surface area contributed by atoms with Crippen LogP contribution >= 0.6 is 0 Å². The van der Waals surface area contributed by atoms with Crippen molar-refractivity contribution in [2.75, 3.05) is 13.2 Å². The summed E-state index contributed by atoms with van der Waals surface area (Å²) in [4.78, 5) is 21.5. The molecule has 0 heterocycles. The average Bonchev–Trinajstić information content (AvgIpc) is 2.01. The summed E-state index contributed by atoms with van der Waals surface area (Å²) >= 11 is 0. The van der Waals surface area contributed by atoms with Gasteiger partial charge < -0.3 is 9.84 Å². The molecule has 0 aromatic carbocycles. The van der Waals surface area contributed by atoms with Crippen molar-refractivity contribution in [3.05, 3.63) is 10.4 Å². The molecule has 13 heavy (non-hydrogen) atoms. The van der Waals surface area contributed by atoms with Crippen molar-refractivity contribution in [1.82, 2.24) is 0 Å². The van der Waals surface area contributed by atoms with Crippen molar-refractivity contribution in [3.8, 4) is 0 Å². The topological polar surface area (TPSA) is 112 Å². The van der Waals surface area contributed by atoms with Gasteiger partial charge in [0.1, 0.15) is 6.54 Å². The number of carbonyl (C=O) groups excluding carboxylic acids is 1. The normalized spacial score (nSPS) is 7.23. The first-order valence-electron chi connectivity index (χ1n) is 3.40. The molecule has 0 saturated heterocycles. The summed E-state index contributed by atoms with van der Waals surface area (Å²) in [6.07, 6.45) is 0. The van der Waals surface area contributed by atoms with Gasteiger partial charge in [-0.15, -0.1) is 0 Å². The minimum atomic E-state index is -1.11. The van der Waals surface area contributed by atoms with Crippen molar-refractivity contribution < 1.29 is 19.4 Å². The number of carbonyl (C=O) groups is 2. The number of carboxylic acid groups (broad SMARTS) is 1. The van der Waals surface area contributed by atoms with Gasteiger partial charge in [-0.25, -0.2) is 0 Å². The van der Waals surface area contributed by atoms with Gasteiger partial charge in [0.2, 0.25) is 0 Å². The molecule has 0 aromatic heterocycles. The zero-order valence-electron chi connectivity index (χ0n) is 7.43. The molecule has 0 aliphatic heterocycles.